The first-order chi connectivity index (χ1) is 9.91. The van der Waals surface area contributed by atoms with Crippen molar-refractivity contribution < 1.29 is 0 Å². The van der Waals surface area contributed by atoms with E-state index in [0.717, 1.165) is 11.6 Å². The van der Waals surface area contributed by atoms with Gasteiger partial charge < -0.3 is 10.3 Å². The van der Waals surface area contributed by atoms with Gasteiger partial charge in [-0.3, -0.25) is 0 Å². The molecule has 0 saturated heterocycles. The van der Waals surface area contributed by atoms with Gasteiger partial charge in [0.15, 0.2) is 0 Å². The molecule has 2 rings (SSSR count). The molecule has 21 heavy (non-hydrogen) atoms. The van der Waals surface area contributed by atoms with E-state index in [4.69, 9.17) is 10.8 Å². The lowest BCUT2D eigenvalue weighted by molar-refractivity contribution is 0.529. The van der Waals surface area contributed by atoms with Crippen molar-refractivity contribution in [2.75, 3.05) is 17.4 Å². The predicted molar refractivity (Wildman–Crippen MR) is 88.4 cm³/mol. The number of nitrogens with zero attached hydrogens (tertiary/aromatic N) is 3. The van der Waals surface area contributed by atoms with Crippen molar-refractivity contribution in [2.24, 2.45) is 5.84 Å². The third-order valence-electron chi connectivity index (χ3n) is 4.27. The second-order valence-corrected chi connectivity index (χ2v) is 7.09. The highest BCUT2D eigenvalue weighted by Crippen LogP contribution is 2.28. The molecule has 1 fully saturated rings. The molecule has 1 aromatic heterocycles. The average Bonchev–Trinajstić information content (AvgIpc) is 2.74. The number of rotatable bonds is 3. The second kappa shape index (κ2) is 6.60. The zero-order valence-electron chi connectivity index (χ0n) is 13.8. The van der Waals surface area contributed by atoms with Crippen LogP contribution in [0.5, 0.6) is 0 Å². The van der Waals surface area contributed by atoms with Crippen LogP contribution < -0.4 is 16.2 Å². The van der Waals surface area contributed by atoms with Crippen LogP contribution >= 0.6 is 0 Å². The number of hydrogen-bond donors (Lipinski definition) is 2. The highest BCUT2D eigenvalue weighted by atomic mass is 15.3. The van der Waals surface area contributed by atoms with Crippen LogP contribution in [0.15, 0.2) is 6.07 Å². The van der Waals surface area contributed by atoms with Crippen LogP contribution in [-0.4, -0.2) is 23.1 Å². The summed E-state index contributed by atoms with van der Waals surface area (Å²) in [6.07, 6.45) is 7.84. The number of aromatic nitrogens is 2. The maximum absolute atomic E-state index is 5.58. The summed E-state index contributed by atoms with van der Waals surface area (Å²) in [6, 6.07) is 2.51. The van der Waals surface area contributed by atoms with Crippen molar-refractivity contribution in [2.45, 2.75) is 70.8 Å². The molecule has 1 aromatic rings. The highest BCUT2D eigenvalue weighted by Gasteiger charge is 2.23. The fourth-order valence-corrected chi connectivity index (χ4v) is 2.86. The van der Waals surface area contributed by atoms with E-state index in [1.807, 2.05) is 6.07 Å². The summed E-state index contributed by atoms with van der Waals surface area (Å²) in [6.45, 7) is 6.37. The molecule has 0 aliphatic heterocycles. The summed E-state index contributed by atoms with van der Waals surface area (Å²) in [7, 11) is 2.14. The zero-order valence-corrected chi connectivity index (χ0v) is 13.8. The Kier molecular flexibility index (Phi) is 5.04. The molecule has 1 saturated carbocycles. The minimum Gasteiger partial charge on any atom is -0.357 e. The molecule has 3 N–H and O–H groups in total. The Morgan fingerprint density at radius 1 is 1.14 bits per heavy atom. The Morgan fingerprint density at radius 3 is 2.29 bits per heavy atom. The molecule has 0 aromatic carbocycles. The Balaban J connectivity index is 2.28. The van der Waals surface area contributed by atoms with Crippen LogP contribution in [0.2, 0.25) is 0 Å². The molecule has 1 aliphatic rings. The van der Waals surface area contributed by atoms with Crippen molar-refractivity contribution in [3.63, 3.8) is 0 Å². The molecule has 0 radical (unpaired) electrons. The summed E-state index contributed by atoms with van der Waals surface area (Å²) < 4.78 is 0. The normalized spacial score (nSPS) is 17.4. The standard InChI is InChI=1S/C16H29N5/c1-16(2,3)15-18-13(20-17)11-14(19-15)21(4)12-9-7-5-6-8-10-12/h11-12H,5-10,17H2,1-4H3,(H,18,19,20). The molecule has 0 unspecified atom stereocenters. The van der Waals surface area contributed by atoms with E-state index in [1.54, 1.807) is 0 Å². The summed E-state index contributed by atoms with van der Waals surface area (Å²) >= 11 is 0. The smallest absolute Gasteiger partial charge is 0.145 e. The first-order valence-corrected chi connectivity index (χ1v) is 8.01. The van der Waals surface area contributed by atoms with Gasteiger partial charge in [-0.1, -0.05) is 46.5 Å². The fourth-order valence-electron chi connectivity index (χ4n) is 2.86. The molecule has 0 amide bonds. The first kappa shape index (κ1) is 16.0. The molecule has 5 heteroatoms. The van der Waals surface area contributed by atoms with Crippen LogP contribution in [0, 0.1) is 0 Å². The van der Waals surface area contributed by atoms with Gasteiger partial charge in [0, 0.05) is 24.6 Å². The summed E-state index contributed by atoms with van der Waals surface area (Å²) in [5.74, 6) is 8.06. The van der Waals surface area contributed by atoms with Gasteiger partial charge in [0.1, 0.15) is 17.5 Å². The van der Waals surface area contributed by atoms with Crippen molar-refractivity contribution in [1.82, 2.24) is 9.97 Å². The highest BCUT2D eigenvalue weighted by molar-refractivity contribution is 5.49. The minimum absolute atomic E-state index is 0.0914. The second-order valence-electron chi connectivity index (χ2n) is 7.09. The number of hydrogen-bond acceptors (Lipinski definition) is 5. The van der Waals surface area contributed by atoms with Crippen molar-refractivity contribution in [3.8, 4) is 0 Å². The number of nitrogen functional groups attached to an aromatic ring is 1. The third kappa shape index (κ3) is 4.06. The molecule has 1 heterocycles. The molecule has 5 nitrogen and oxygen atoms in total. The first-order valence-electron chi connectivity index (χ1n) is 8.01. The molecule has 0 bridgehead atoms. The number of hydrazine groups is 1. The SMILES string of the molecule is CN(c1cc(NN)nc(C(C)(C)C)n1)C1CCCCCC1. The zero-order chi connectivity index (χ0) is 15.5. The molecular formula is C16H29N5. The Morgan fingerprint density at radius 2 is 1.76 bits per heavy atom. The summed E-state index contributed by atoms with van der Waals surface area (Å²) in [5.41, 5.74) is 2.58. The van der Waals surface area contributed by atoms with E-state index in [1.165, 1.54) is 38.5 Å². The monoisotopic (exact) mass is 291 g/mol. The van der Waals surface area contributed by atoms with Crippen molar-refractivity contribution in [1.29, 1.82) is 0 Å². The van der Waals surface area contributed by atoms with Gasteiger partial charge >= 0.3 is 0 Å². The Bertz CT molecular complexity index is 458. The van der Waals surface area contributed by atoms with Gasteiger partial charge in [-0.05, 0) is 12.8 Å². The lowest BCUT2D eigenvalue weighted by atomic mass is 9.95. The van der Waals surface area contributed by atoms with Gasteiger partial charge in [-0.2, -0.15) is 0 Å². The molecular weight excluding hydrogens is 262 g/mol. The lowest BCUT2D eigenvalue weighted by Crippen LogP contribution is -2.33. The molecule has 0 spiro atoms. The van der Waals surface area contributed by atoms with E-state index in [2.05, 4.69) is 43.1 Å². The maximum Gasteiger partial charge on any atom is 0.145 e. The van der Waals surface area contributed by atoms with Gasteiger partial charge in [0.2, 0.25) is 0 Å². The molecule has 1 aliphatic carbocycles. The predicted octanol–water partition coefficient (Wildman–Crippen LogP) is 3.22. The molecule has 118 valence electrons. The van der Waals surface area contributed by atoms with Crippen LogP contribution in [0.3, 0.4) is 0 Å². The number of nitrogens with one attached hydrogen (secondary N) is 1. The number of anilines is 2. The van der Waals surface area contributed by atoms with E-state index in [0.29, 0.717) is 11.9 Å². The van der Waals surface area contributed by atoms with Gasteiger partial charge in [0.25, 0.3) is 0 Å². The molecule has 0 atom stereocenters. The van der Waals surface area contributed by atoms with Crippen LogP contribution in [0.25, 0.3) is 0 Å². The van der Waals surface area contributed by atoms with E-state index in [-0.39, 0.29) is 5.41 Å². The number of nitrogens with two attached hydrogens (primary N) is 1. The van der Waals surface area contributed by atoms with Crippen LogP contribution in [-0.2, 0) is 5.41 Å². The lowest BCUT2D eigenvalue weighted by Gasteiger charge is -2.29. The van der Waals surface area contributed by atoms with Crippen molar-refractivity contribution in [3.05, 3.63) is 11.9 Å². The van der Waals surface area contributed by atoms with Gasteiger partial charge in [-0.25, -0.2) is 15.8 Å². The van der Waals surface area contributed by atoms with E-state index < -0.39 is 0 Å². The van der Waals surface area contributed by atoms with Gasteiger partial charge in [-0.15, -0.1) is 0 Å². The summed E-state index contributed by atoms with van der Waals surface area (Å²) in [5, 5.41) is 0. The largest absolute Gasteiger partial charge is 0.357 e. The fraction of sp³-hybridized carbons (Fsp3) is 0.750. The quantitative estimate of drug-likeness (QED) is 0.508. The van der Waals surface area contributed by atoms with Crippen molar-refractivity contribution >= 4 is 11.6 Å². The minimum atomic E-state index is -0.0914. The van der Waals surface area contributed by atoms with E-state index >= 15 is 0 Å². The Labute approximate surface area is 128 Å². The average molecular weight is 291 g/mol. The topological polar surface area (TPSA) is 67.1 Å². The van der Waals surface area contributed by atoms with Gasteiger partial charge in [0.05, 0.1) is 0 Å². The van der Waals surface area contributed by atoms with E-state index in [9.17, 15) is 0 Å². The summed E-state index contributed by atoms with van der Waals surface area (Å²) in [4.78, 5) is 11.6. The van der Waals surface area contributed by atoms with Crippen LogP contribution in [0.1, 0.15) is 65.1 Å². The maximum atomic E-state index is 5.58. The third-order valence-corrected chi connectivity index (χ3v) is 4.27. The Hall–Kier alpha value is -1.36. The van der Waals surface area contributed by atoms with Crippen LogP contribution in [0.4, 0.5) is 11.6 Å².